The molecule has 0 aliphatic carbocycles. The third kappa shape index (κ3) is 4.11. The van der Waals surface area contributed by atoms with Crippen LogP contribution in [0.3, 0.4) is 0 Å². The van der Waals surface area contributed by atoms with E-state index in [-0.39, 0.29) is 11.7 Å². The second-order valence-corrected chi connectivity index (χ2v) is 7.77. The summed E-state index contributed by atoms with van der Waals surface area (Å²) in [6, 6.07) is 13.6. The maximum Gasteiger partial charge on any atom is 0.286 e. The lowest BCUT2D eigenvalue weighted by Crippen LogP contribution is -2.45. The number of carbonyl (C=O) groups is 1. The van der Waals surface area contributed by atoms with Gasteiger partial charge in [0.15, 0.2) is 5.69 Å². The Morgan fingerprint density at radius 1 is 1.10 bits per heavy atom. The van der Waals surface area contributed by atoms with Crippen LogP contribution in [-0.4, -0.2) is 33.6 Å². The number of benzene rings is 2. The fourth-order valence-electron chi connectivity index (χ4n) is 3.86. The average Bonchev–Trinajstić information content (AvgIpc) is 3.15. The summed E-state index contributed by atoms with van der Waals surface area (Å²) in [5.74, 6) is 0.00930. The van der Waals surface area contributed by atoms with Gasteiger partial charge >= 0.3 is 0 Å². The van der Waals surface area contributed by atoms with E-state index >= 15 is 0 Å². The minimum absolute atomic E-state index is 0.233. The molecule has 0 spiro atoms. The first-order chi connectivity index (χ1) is 14.6. The molecule has 1 N–H and O–H groups in total. The van der Waals surface area contributed by atoms with Crippen molar-refractivity contribution < 1.29 is 9.18 Å². The van der Waals surface area contributed by atoms with Gasteiger partial charge in [-0.05, 0) is 55.7 Å². The van der Waals surface area contributed by atoms with Crippen LogP contribution in [0, 0.1) is 5.82 Å². The standard InChI is InChI=1S/C23H24ClFN4O/c1-2-20-21(23(30)27-28-14-6-3-7-15-28)26-22(18-8-4-5-9-19(18)24)29(20)17-12-10-16(25)11-13-17/h4-5,8-13H,2-3,6-7,14-15H2,1H3,(H,27,30). The Balaban J connectivity index is 1.83. The number of amides is 1. The number of hydrogen-bond acceptors (Lipinski definition) is 3. The van der Waals surface area contributed by atoms with Crippen molar-refractivity contribution in [3.8, 4) is 17.1 Å². The normalized spacial score (nSPS) is 14.6. The lowest BCUT2D eigenvalue weighted by Gasteiger charge is -2.26. The summed E-state index contributed by atoms with van der Waals surface area (Å²) in [6.07, 6.45) is 3.89. The van der Waals surface area contributed by atoms with Crippen LogP contribution in [0.1, 0.15) is 42.4 Å². The van der Waals surface area contributed by atoms with E-state index in [1.807, 2.05) is 34.7 Å². The lowest BCUT2D eigenvalue weighted by molar-refractivity contribution is 0.0744. The molecule has 0 bridgehead atoms. The van der Waals surface area contributed by atoms with Crippen LogP contribution in [0.15, 0.2) is 48.5 Å². The molecule has 1 amide bonds. The molecule has 0 unspecified atom stereocenters. The Morgan fingerprint density at radius 3 is 2.47 bits per heavy atom. The molecule has 5 nitrogen and oxygen atoms in total. The lowest BCUT2D eigenvalue weighted by atomic mass is 10.2. The minimum Gasteiger partial charge on any atom is -0.296 e. The van der Waals surface area contributed by atoms with Crippen molar-refractivity contribution in [1.29, 1.82) is 0 Å². The Hall–Kier alpha value is -2.70. The Labute approximate surface area is 180 Å². The highest BCUT2D eigenvalue weighted by Crippen LogP contribution is 2.32. The summed E-state index contributed by atoms with van der Waals surface area (Å²) >= 11 is 6.46. The van der Waals surface area contributed by atoms with E-state index in [4.69, 9.17) is 16.6 Å². The van der Waals surface area contributed by atoms with Gasteiger partial charge in [-0.2, -0.15) is 0 Å². The fraction of sp³-hybridized carbons (Fsp3) is 0.304. The third-order valence-electron chi connectivity index (χ3n) is 5.34. The van der Waals surface area contributed by atoms with Gasteiger partial charge in [0.1, 0.15) is 11.6 Å². The molecule has 1 saturated heterocycles. The van der Waals surface area contributed by atoms with Gasteiger partial charge in [0.2, 0.25) is 0 Å². The number of hydrogen-bond donors (Lipinski definition) is 1. The molecule has 1 aliphatic rings. The van der Waals surface area contributed by atoms with Crippen LogP contribution >= 0.6 is 11.6 Å². The molecule has 0 saturated carbocycles. The van der Waals surface area contributed by atoms with Crippen molar-refractivity contribution in [2.75, 3.05) is 13.1 Å². The quantitative estimate of drug-likeness (QED) is 0.622. The zero-order valence-electron chi connectivity index (χ0n) is 16.9. The van der Waals surface area contributed by atoms with Crippen molar-refractivity contribution in [2.45, 2.75) is 32.6 Å². The molecule has 30 heavy (non-hydrogen) atoms. The maximum atomic E-state index is 13.6. The number of nitrogens with zero attached hydrogens (tertiary/aromatic N) is 3. The van der Waals surface area contributed by atoms with Gasteiger partial charge < -0.3 is 0 Å². The second kappa shape index (κ2) is 8.98. The number of halogens is 2. The van der Waals surface area contributed by atoms with Crippen LogP contribution in [0.4, 0.5) is 4.39 Å². The SMILES string of the molecule is CCc1c(C(=O)NN2CCCCC2)nc(-c2ccccc2Cl)n1-c1ccc(F)cc1. The molecule has 0 atom stereocenters. The van der Waals surface area contributed by atoms with Crippen molar-refractivity contribution in [1.82, 2.24) is 20.0 Å². The van der Waals surface area contributed by atoms with Crippen molar-refractivity contribution in [3.63, 3.8) is 0 Å². The van der Waals surface area contributed by atoms with E-state index in [0.717, 1.165) is 42.9 Å². The van der Waals surface area contributed by atoms with E-state index in [9.17, 15) is 9.18 Å². The number of hydrazine groups is 1. The highest BCUT2D eigenvalue weighted by molar-refractivity contribution is 6.33. The molecule has 4 rings (SSSR count). The predicted octanol–water partition coefficient (Wildman–Crippen LogP) is 5.02. The van der Waals surface area contributed by atoms with Gasteiger partial charge in [-0.1, -0.05) is 37.1 Å². The van der Waals surface area contributed by atoms with E-state index in [0.29, 0.717) is 23.0 Å². The summed E-state index contributed by atoms with van der Waals surface area (Å²) in [6.45, 7) is 3.65. The molecule has 1 aliphatic heterocycles. The number of piperidine rings is 1. The van der Waals surface area contributed by atoms with Gasteiger partial charge in [0, 0.05) is 24.3 Å². The number of nitrogens with one attached hydrogen (secondary N) is 1. The van der Waals surface area contributed by atoms with Crippen LogP contribution in [0.2, 0.25) is 5.02 Å². The molecule has 1 fully saturated rings. The molecular weight excluding hydrogens is 403 g/mol. The summed E-state index contributed by atoms with van der Waals surface area (Å²) < 4.78 is 15.4. The predicted molar refractivity (Wildman–Crippen MR) is 116 cm³/mol. The van der Waals surface area contributed by atoms with Crippen molar-refractivity contribution in [2.24, 2.45) is 0 Å². The van der Waals surface area contributed by atoms with E-state index < -0.39 is 0 Å². The summed E-state index contributed by atoms with van der Waals surface area (Å²) in [5.41, 5.74) is 5.57. The smallest absolute Gasteiger partial charge is 0.286 e. The second-order valence-electron chi connectivity index (χ2n) is 7.36. The topological polar surface area (TPSA) is 50.2 Å². The minimum atomic E-state index is -0.320. The third-order valence-corrected chi connectivity index (χ3v) is 5.67. The first kappa shape index (κ1) is 20.6. The Bertz CT molecular complexity index is 1040. The molecule has 156 valence electrons. The van der Waals surface area contributed by atoms with Gasteiger partial charge in [-0.15, -0.1) is 0 Å². The first-order valence-electron chi connectivity index (χ1n) is 10.3. The summed E-state index contributed by atoms with van der Waals surface area (Å²) in [7, 11) is 0. The number of carbonyl (C=O) groups excluding carboxylic acids is 1. The monoisotopic (exact) mass is 426 g/mol. The number of imidazole rings is 1. The highest BCUT2D eigenvalue weighted by Gasteiger charge is 2.25. The van der Waals surface area contributed by atoms with Gasteiger partial charge in [0.05, 0.1) is 10.7 Å². The fourth-order valence-corrected chi connectivity index (χ4v) is 4.08. The van der Waals surface area contributed by atoms with Gasteiger partial charge in [-0.25, -0.2) is 14.4 Å². The molecule has 1 aromatic heterocycles. The van der Waals surface area contributed by atoms with Crippen LogP contribution < -0.4 is 5.43 Å². The number of aromatic nitrogens is 2. The molecule has 0 radical (unpaired) electrons. The van der Waals surface area contributed by atoms with Gasteiger partial charge in [-0.3, -0.25) is 14.8 Å². The Kier molecular flexibility index (Phi) is 6.16. The van der Waals surface area contributed by atoms with Gasteiger partial charge in [0.25, 0.3) is 5.91 Å². The zero-order chi connectivity index (χ0) is 21.1. The van der Waals surface area contributed by atoms with Crippen LogP contribution in [0.25, 0.3) is 17.1 Å². The van der Waals surface area contributed by atoms with Crippen LogP contribution in [-0.2, 0) is 6.42 Å². The number of rotatable bonds is 5. The zero-order valence-corrected chi connectivity index (χ0v) is 17.6. The largest absolute Gasteiger partial charge is 0.296 e. The highest BCUT2D eigenvalue weighted by atomic mass is 35.5. The Morgan fingerprint density at radius 2 is 1.80 bits per heavy atom. The first-order valence-corrected chi connectivity index (χ1v) is 10.6. The maximum absolute atomic E-state index is 13.6. The van der Waals surface area contributed by atoms with Crippen LogP contribution in [0.5, 0.6) is 0 Å². The molecular formula is C23H24ClFN4O. The van der Waals surface area contributed by atoms with E-state index in [2.05, 4.69) is 5.43 Å². The molecule has 2 aromatic carbocycles. The molecule has 3 aromatic rings. The summed E-state index contributed by atoms with van der Waals surface area (Å²) in [4.78, 5) is 17.9. The van der Waals surface area contributed by atoms with E-state index in [1.165, 1.54) is 18.6 Å². The molecule has 2 heterocycles. The summed E-state index contributed by atoms with van der Waals surface area (Å²) in [5, 5.41) is 2.49. The average molecular weight is 427 g/mol. The van der Waals surface area contributed by atoms with E-state index in [1.54, 1.807) is 18.2 Å². The van der Waals surface area contributed by atoms with Crippen molar-refractivity contribution in [3.05, 3.63) is 70.8 Å². The molecule has 7 heteroatoms. The van der Waals surface area contributed by atoms with Crippen molar-refractivity contribution >= 4 is 17.5 Å².